The van der Waals surface area contributed by atoms with Gasteiger partial charge in [-0.05, 0) is 38.8 Å². The molecule has 0 spiro atoms. The van der Waals surface area contributed by atoms with Crippen molar-refractivity contribution in [3.8, 4) is 0 Å². The number of nitrogens with one attached hydrogen (secondary N) is 2. The van der Waals surface area contributed by atoms with E-state index in [1.807, 2.05) is 0 Å². The van der Waals surface area contributed by atoms with E-state index in [4.69, 9.17) is 0 Å². The van der Waals surface area contributed by atoms with Crippen molar-refractivity contribution in [1.82, 2.24) is 10.6 Å². The summed E-state index contributed by atoms with van der Waals surface area (Å²) in [6.07, 6.45) is 3.84. The summed E-state index contributed by atoms with van der Waals surface area (Å²) < 4.78 is 13.9. The lowest BCUT2D eigenvalue weighted by molar-refractivity contribution is 0.113. The van der Waals surface area contributed by atoms with E-state index in [2.05, 4.69) is 10.6 Å². The smallest absolute Gasteiger partial charge is 0.125 e. The molecule has 1 aliphatic carbocycles. The molecule has 0 bridgehead atoms. The minimum absolute atomic E-state index is 0.569. The third kappa shape index (κ3) is 2.17. The van der Waals surface area contributed by atoms with Crippen molar-refractivity contribution >= 4 is 0 Å². The van der Waals surface area contributed by atoms with Gasteiger partial charge in [-0.3, -0.25) is 0 Å². The maximum absolute atomic E-state index is 13.9. The van der Waals surface area contributed by atoms with Crippen molar-refractivity contribution in [3.05, 3.63) is 0 Å². The molecule has 1 aliphatic heterocycles. The molecule has 2 N–H and O–H groups in total. The molecular weight excluding hydrogens is 155 g/mol. The number of piperidine rings is 1. The minimum Gasteiger partial charge on any atom is -0.316 e. The van der Waals surface area contributed by atoms with Gasteiger partial charge in [0.2, 0.25) is 0 Å². The van der Waals surface area contributed by atoms with Crippen LogP contribution < -0.4 is 10.6 Å². The highest BCUT2D eigenvalue weighted by Crippen LogP contribution is 2.25. The van der Waals surface area contributed by atoms with Crippen LogP contribution in [0.2, 0.25) is 0 Å². The van der Waals surface area contributed by atoms with Crippen molar-refractivity contribution in [1.29, 1.82) is 0 Å². The largest absolute Gasteiger partial charge is 0.316 e. The fourth-order valence-corrected chi connectivity index (χ4v) is 1.67. The standard InChI is InChI=1S/C9H17FN2/c10-9(3-5-11-6-4-9)7-12-8-1-2-8/h8,11-12H,1-7H2. The maximum Gasteiger partial charge on any atom is 0.125 e. The second-order valence-corrected chi connectivity index (χ2v) is 4.06. The number of hydrogen-bond donors (Lipinski definition) is 2. The average molecular weight is 172 g/mol. The Morgan fingerprint density at radius 1 is 1.33 bits per heavy atom. The fraction of sp³-hybridized carbons (Fsp3) is 1.00. The molecule has 0 aromatic rings. The first-order valence-electron chi connectivity index (χ1n) is 4.92. The van der Waals surface area contributed by atoms with Crippen LogP contribution in [0, 0.1) is 0 Å². The van der Waals surface area contributed by atoms with Crippen LogP contribution in [0.5, 0.6) is 0 Å². The van der Waals surface area contributed by atoms with E-state index >= 15 is 0 Å². The Kier molecular flexibility index (Phi) is 2.33. The van der Waals surface area contributed by atoms with Crippen LogP contribution in [-0.2, 0) is 0 Å². The van der Waals surface area contributed by atoms with Gasteiger partial charge in [-0.1, -0.05) is 0 Å². The van der Waals surface area contributed by atoms with E-state index < -0.39 is 5.67 Å². The predicted molar refractivity (Wildman–Crippen MR) is 47.0 cm³/mol. The average Bonchev–Trinajstić information content (AvgIpc) is 2.85. The maximum atomic E-state index is 13.9. The monoisotopic (exact) mass is 172 g/mol. The Balaban J connectivity index is 1.73. The van der Waals surface area contributed by atoms with Gasteiger partial charge >= 0.3 is 0 Å². The summed E-state index contributed by atoms with van der Waals surface area (Å²) in [7, 11) is 0. The molecular formula is C9H17FN2. The lowest BCUT2D eigenvalue weighted by atomic mass is 9.94. The zero-order chi connectivity index (χ0) is 8.44. The normalized spacial score (nSPS) is 28.8. The molecule has 70 valence electrons. The molecule has 1 heterocycles. The number of alkyl halides is 1. The van der Waals surface area contributed by atoms with Gasteiger partial charge in [-0.2, -0.15) is 0 Å². The lowest BCUT2D eigenvalue weighted by Gasteiger charge is -2.30. The molecule has 0 aromatic carbocycles. The van der Waals surface area contributed by atoms with Crippen LogP contribution in [0.4, 0.5) is 4.39 Å². The molecule has 0 atom stereocenters. The second-order valence-electron chi connectivity index (χ2n) is 4.06. The first-order valence-corrected chi connectivity index (χ1v) is 4.92. The molecule has 0 radical (unpaired) electrons. The number of rotatable bonds is 3. The van der Waals surface area contributed by atoms with E-state index in [0.29, 0.717) is 25.4 Å². The Hall–Kier alpha value is -0.150. The van der Waals surface area contributed by atoms with Crippen molar-refractivity contribution < 1.29 is 4.39 Å². The quantitative estimate of drug-likeness (QED) is 0.659. The highest BCUT2D eigenvalue weighted by atomic mass is 19.1. The molecule has 0 unspecified atom stereocenters. The molecule has 2 nitrogen and oxygen atoms in total. The third-order valence-corrected chi connectivity index (χ3v) is 2.78. The summed E-state index contributed by atoms with van der Waals surface area (Å²) in [5, 5.41) is 6.44. The SMILES string of the molecule is FC1(CNC2CC2)CCNCC1. The molecule has 2 rings (SSSR count). The zero-order valence-electron chi connectivity index (χ0n) is 7.41. The van der Waals surface area contributed by atoms with Gasteiger partial charge in [0.05, 0.1) is 0 Å². The van der Waals surface area contributed by atoms with Gasteiger partial charge in [-0.25, -0.2) is 4.39 Å². The Labute approximate surface area is 72.9 Å². The van der Waals surface area contributed by atoms with Gasteiger partial charge in [0, 0.05) is 12.6 Å². The van der Waals surface area contributed by atoms with Crippen molar-refractivity contribution in [2.24, 2.45) is 0 Å². The van der Waals surface area contributed by atoms with Crippen molar-refractivity contribution in [2.45, 2.75) is 37.4 Å². The summed E-state index contributed by atoms with van der Waals surface area (Å²) in [6.45, 7) is 2.24. The molecule has 2 fully saturated rings. The van der Waals surface area contributed by atoms with E-state index in [1.54, 1.807) is 0 Å². The molecule has 1 saturated heterocycles. The highest BCUT2D eigenvalue weighted by Gasteiger charge is 2.33. The first kappa shape index (κ1) is 8.45. The summed E-state index contributed by atoms with van der Waals surface area (Å²) in [6, 6.07) is 0.632. The molecule has 0 aromatic heterocycles. The fourth-order valence-electron chi connectivity index (χ4n) is 1.67. The summed E-state index contributed by atoms with van der Waals surface area (Å²) in [4.78, 5) is 0. The third-order valence-electron chi connectivity index (χ3n) is 2.78. The van der Waals surface area contributed by atoms with E-state index in [-0.39, 0.29) is 0 Å². The van der Waals surface area contributed by atoms with E-state index in [1.165, 1.54) is 12.8 Å². The summed E-state index contributed by atoms with van der Waals surface area (Å²) in [5.41, 5.74) is -0.923. The highest BCUT2D eigenvalue weighted by molar-refractivity contribution is 4.90. The van der Waals surface area contributed by atoms with Crippen LogP contribution in [0.25, 0.3) is 0 Å². The first-order chi connectivity index (χ1) is 5.79. The minimum atomic E-state index is -0.923. The Morgan fingerprint density at radius 2 is 2.00 bits per heavy atom. The van der Waals surface area contributed by atoms with E-state index in [0.717, 1.165) is 13.1 Å². The van der Waals surface area contributed by atoms with Gasteiger partial charge in [-0.15, -0.1) is 0 Å². The van der Waals surface area contributed by atoms with Gasteiger partial charge < -0.3 is 10.6 Å². The molecule has 2 aliphatic rings. The number of halogens is 1. The zero-order valence-corrected chi connectivity index (χ0v) is 7.41. The van der Waals surface area contributed by atoms with Crippen molar-refractivity contribution in [2.75, 3.05) is 19.6 Å². The second kappa shape index (κ2) is 3.30. The van der Waals surface area contributed by atoms with Crippen LogP contribution in [0.15, 0.2) is 0 Å². The summed E-state index contributed by atoms with van der Waals surface area (Å²) >= 11 is 0. The lowest BCUT2D eigenvalue weighted by Crippen LogP contribution is -2.45. The molecule has 0 amide bonds. The molecule has 3 heteroatoms. The predicted octanol–water partition coefficient (Wildman–Crippen LogP) is 0.830. The topological polar surface area (TPSA) is 24.1 Å². The van der Waals surface area contributed by atoms with Gasteiger partial charge in [0.15, 0.2) is 0 Å². The van der Waals surface area contributed by atoms with Crippen LogP contribution in [0.1, 0.15) is 25.7 Å². The van der Waals surface area contributed by atoms with Crippen LogP contribution >= 0.6 is 0 Å². The molecule has 12 heavy (non-hydrogen) atoms. The van der Waals surface area contributed by atoms with Crippen molar-refractivity contribution in [3.63, 3.8) is 0 Å². The van der Waals surface area contributed by atoms with Gasteiger partial charge in [0.25, 0.3) is 0 Å². The van der Waals surface area contributed by atoms with E-state index in [9.17, 15) is 4.39 Å². The molecule has 1 saturated carbocycles. The van der Waals surface area contributed by atoms with Crippen LogP contribution in [-0.4, -0.2) is 31.3 Å². The van der Waals surface area contributed by atoms with Crippen LogP contribution in [0.3, 0.4) is 0 Å². The Morgan fingerprint density at radius 3 is 2.58 bits per heavy atom. The Bertz CT molecular complexity index is 151. The van der Waals surface area contributed by atoms with Gasteiger partial charge in [0.1, 0.15) is 5.67 Å². The summed E-state index contributed by atoms with van der Waals surface area (Å²) in [5.74, 6) is 0. The number of hydrogen-bond acceptors (Lipinski definition) is 2.